The zero-order valence-electron chi connectivity index (χ0n) is 15.8. The van der Waals surface area contributed by atoms with E-state index >= 15 is 0 Å². The van der Waals surface area contributed by atoms with Gasteiger partial charge in [-0.15, -0.1) is 0 Å². The van der Waals surface area contributed by atoms with Crippen molar-refractivity contribution in [1.29, 1.82) is 0 Å². The van der Waals surface area contributed by atoms with Crippen LogP contribution in [0.2, 0.25) is 0 Å². The molecule has 138 valence electrons. The van der Waals surface area contributed by atoms with Crippen LogP contribution in [0.15, 0.2) is 30.3 Å². The van der Waals surface area contributed by atoms with Crippen molar-refractivity contribution in [2.75, 3.05) is 19.6 Å². The van der Waals surface area contributed by atoms with Gasteiger partial charge in [-0.2, -0.15) is 0 Å². The normalized spacial score (nSPS) is 15.8. The number of nitrogens with zero attached hydrogens (tertiary/aromatic N) is 1. The summed E-state index contributed by atoms with van der Waals surface area (Å²) >= 11 is 0. The number of carbonyl (C=O) groups is 2. The summed E-state index contributed by atoms with van der Waals surface area (Å²) in [6, 6.07) is 10.5. The number of hydrogen-bond acceptors (Lipinski definition) is 3. The first kappa shape index (κ1) is 18.4. The average molecular weight is 353 g/mol. The maximum Gasteiger partial charge on any atom is 0.268 e. The van der Waals surface area contributed by atoms with Gasteiger partial charge in [0.25, 0.3) is 5.91 Å². The molecule has 0 spiro atoms. The van der Waals surface area contributed by atoms with Gasteiger partial charge in [-0.05, 0) is 57.8 Å². The topological polar surface area (TPSA) is 65.2 Å². The molecular formula is C21H27N3O2. The molecule has 1 aliphatic heterocycles. The van der Waals surface area contributed by atoms with E-state index in [9.17, 15) is 9.59 Å². The maximum atomic E-state index is 12.7. The van der Waals surface area contributed by atoms with Crippen LogP contribution < -0.4 is 5.32 Å². The van der Waals surface area contributed by atoms with E-state index in [4.69, 9.17) is 0 Å². The van der Waals surface area contributed by atoms with Gasteiger partial charge >= 0.3 is 0 Å². The summed E-state index contributed by atoms with van der Waals surface area (Å²) < 4.78 is 0. The van der Waals surface area contributed by atoms with E-state index in [-0.39, 0.29) is 17.7 Å². The molecule has 0 aliphatic carbocycles. The van der Waals surface area contributed by atoms with Gasteiger partial charge in [0, 0.05) is 17.8 Å². The number of aromatic amines is 1. The molecule has 0 saturated carbocycles. The Morgan fingerprint density at radius 2 is 1.81 bits per heavy atom. The molecule has 5 nitrogen and oxygen atoms in total. The second kappa shape index (κ2) is 7.87. The Kier molecular flexibility index (Phi) is 5.57. The standard InChI is InChI=1S/C21H27N3O2/c1-14-19(16(3)25)15(2)23-20(14)21(26)22-13-18(24-11-7-8-12-24)17-9-5-4-6-10-17/h4-6,9-10,18,23H,7-8,11-13H2,1-3H3,(H,22,26)/t18-/m0/s1. The molecule has 0 unspecified atom stereocenters. The van der Waals surface area contributed by atoms with Crippen LogP contribution >= 0.6 is 0 Å². The second-order valence-corrected chi connectivity index (χ2v) is 7.06. The second-order valence-electron chi connectivity index (χ2n) is 7.06. The molecule has 1 atom stereocenters. The van der Waals surface area contributed by atoms with Gasteiger partial charge in [0.1, 0.15) is 5.69 Å². The highest BCUT2D eigenvalue weighted by Crippen LogP contribution is 2.25. The minimum Gasteiger partial charge on any atom is -0.354 e. The molecule has 2 N–H and O–H groups in total. The molecule has 5 heteroatoms. The fourth-order valence-corrected chi connectivity index (χ4v) is 3.97. The van der Waals surface area contributed by atoms with Gasteiger partial charge in [0.05, 0.1) is 6.04 Å². The maximum absolute atomic E-state index is 12.7. The van der Waals surface area contributed by atoms with Gasteiger partial charge in [-0.3, -0.25) is 14.5 Å². The molecule has 3 rings (SSSR count). The fraction of sp³-hybridized carbons (Fsp3) is 0.429. The van der Waals surface area contributed by atoms with E-state index in [1.165, 1.54) is 25.3 Å². The van der Waals surface area contributed by atoms with Crippen LogP contribution in [0.1, 0.15) is 63.5 Å². The van der Waals surface area contributed by atoms with E-state index in [1.807, 2.05) is 32.0 Å². The number of benzene rings is 1. The van der Waals surface area contributed by atoms with Gasteiger partial charge in [0.15, 0.2) is 5.78 Å². The first-order chi connectivity index (χ1) is 12.5. The van der Waals surface area contributed by atoms with E-state index in [0.717, 1.165) is 24.3 Å². The monoisotopic (exact) mass is 353 g/mol. The lowest BCUT2D eigenvalue weighted by atomic mass is 10.0. The average Bonchev–Trinajstić information content (AvgIpc) is 3.24. The van der Waals surface area contributed by atoms with Gasteiger partial charge in [-0.1, -0.05) is 30.3 Å². The number of rotatable bonds is 6. The molecule has 26 heavy (non-hydrogen) atoms. The SMILES string of the molecule is CC(=O)c1c(C)[nH]c(C(=O)NC[C@@H](c2ccccc2)N2CCCC2)c1C. The Bertz CT molecular complexity index is 789. The van der Waals surface area contributed by atoms with Crippen molar-refractivity contribution in [2.24, 2.45) is 0 Å². The van der Waals surface area contributed by atoms with Crippen molar-refractivity contribution in [3.05, 3.63) is 58.4 Å². The Hall–Kier alpha value is -2.40. The van der Waals surface area contributed by atoms with E-state index in [2.05, 4.69) is 27.3 Å². The summed E-state index contributed by atoms with van der Waals surface area (Å²) in [5.74, 6) is -0.173. The third-order valence-corrected chi connectivity index (χ3v) is 5.24. The third-order valence-electron chi connectivity index (χ3n) is 5.24. The van der Waals surface area contributed by atoms with Crippen molar-refractivity contribution < 1.29 is 9.59 Å². The molecule has 0 radical (unpaired) electrons. The van der Waals surface area contributed by atoms with Crippen LogP contribution in [0.3, 0.4) is 0 Å². The lowest BCUT2D eigenvalue weighted by Gasteiger charge is -2.28. The van der Waals surface area contributed by atoms with Crippen LogP contribution in [-0.2, 0) is 0 Å². The lowest BCUT2D eigenvalue weighted by molar-refractivity contribution is 0.0932. The quantitative estimate of drug-likeness (QED) is 0.782. The van der Waals surface area contributed by atoms with Gasteiger partial charge < -0.3 is 10.3 Å². The summed E-state index contributed by atoms with van der Waals surface area (Å²) in [5.41, 5.74) is 3.80. The summed E-state index contributed by atoms with van der Waals surface area (Å²) in [7, 11) is 0. The van der Waals surface area contributed by atoms with Crippen molar-refractivity contribution in [1.82, 2.24) is 15.2 Å². The number of H-pyrrole nitrogens is 1. The van der Waals surface area contributed by atoms with Crippen molar-refractivity contribution in [2.45, 2.75) is 39.7 Å². The van der Waals surface area contributed by atoms with Gasteiger partial charge in [-0.25, -0.2) is 0 Å². The van der Waals surface area contributed by atoms with E-state index in [1.54, 1.807) is 0 Å². The lowest BCUT2D eigenvalue weighted by Crippen LogP contribution is -2.37. The molecule has 1 aliphatic rings. The number of aryl methyl sites for hydroxylation is 1. The number of carbonyl (C=O) groups excluding carboxylic acids is 2. The molecule has 1 fully saturated rings. The first-order valence-corrected chi connectivity index (χ1v) is 9.26. The van der Waals surface area contributed by atoms with Gasteiger partial charge in [0.2, 0.25) is 0 Å². The Morgan fingerprint density at radius 1 is 1.15 bits per heavy atom. The summed E-state index contributed by atoms with van der Waals surface area (Å²) in [5, 5.41) is 3.07. The number of amides is 1. The molecule has 0 bridgehead atoms. The molecule has 2 heterocycles. The molecule has 1 aromatic heterocycles. The smallest absolute Gasteiger partial charge is 0.268 e. The number of hydrogen-bond donors (Lipinski definition) is 2. The zero-order valence-corrected chi connectivity index (χ0v) is 15.8. The highest BCUT2D eigenvalue weighted by molar-refractivity contribution is 6.02. The van der Waals surface area contributed by atoms with E-state index in [0.29, 0.717) is 17.8 Å². The van der Waals surface area contributed by atoms with Crippen LogP contribution in [0.5, 0.6) is 0 Å². The highest BCUT2D eigenvalue weighted by Gasteiger charge is 2.25. The highest BCUT2D eigenvalue weighted by atomic mass is 16.2. The minimum absolute atomic E-state index is 0.0190. The predicted molar refractivity (Wildman–Crippen MR) is 103 cm³/mol. The first-order valence-electron chi connectivity index (χ1n) is 9.26. The third kappa shape index (κ3) is 3.73. The number of Topliss-reactive ketones (excluding diaryl/α,β-unsaturated/α-hetero) is 1. The van der Waals surface area contributed by atoms with E-state index < -0.39 is 0 Å². The van der Waals surface area contributed by atoms with Crippen LogP contribution in [0, 0.1) is 13.8 Å². The molecule has 1 aromatic carbocycles. The Balaban J connectivity index is 1.76. The minimum atomic E-state index is -0.154. The summed E-state index contributed by atoms with van der Waals surface area (Å²) in [6.45, 7) is 7.86. The van der Waals surface area contributed by atoms with Crippen LogP contribution in [-0.4, -0.2) is 41.2 Å². The number of aromatic nitrogens is 1. The van der Waals surface area contributed by atoms with Crippen LogP contribution in [0.4, 0.5) is 0 Å². The van der Waals surface area contributed by atoms with Crippen molar-refractivity contribution in [3.63, 3.8) is 0 Å². The molecule has 1 amide bonds. The Morgan fingerprint density at radius 3 is 2.38 bits per heavy atom. The van der Waals surface area contributed by atoms with Crippen molar-refractivity contribution >= 4 is 11.7 Å². The van der Waals surface area contributed by atoms with Crippen molar-refractivity contribution in [3.8, 4) is 0 Å². The number of likely N-dealkylation sites (tertiary alicyclic amines) is 1. The zero-order chi connectivity index (χ0) is 18.7. The molecular weight excluding hydrogens is 326 g/mol. The summed E-state index contributed by atoms with van der Waals surface area (Å²) in [6.07, 6.45) is 2.41. The molecule has 1 saturated heterocycles. The Labute approximate surface area is 154 Å². The van der Waals surface area contributed by atoms with Crippen LogP contribution in [0.25, 0.3) is 0 Å². The molecule has 2 aromatic rings. The summed E-state index contributed by atoms with van der Waals surface area (Å²) in [4.78, 5) is 30.0. The predicted octanol–water partition coefficient (Wildman–Crippen LogP) is 3.40. The number of ketones is 1. The largest absolute Gasteiger partial charge is 0.354 e. The number of nitrogens with one attached hydrogen (secondary N) is 2. The fourth-order valence-electron chi connectivity index (χ4n) is 3.97.